The second kappa shape index (κ2) is 14.8. The number of hydrogen-bond donors (Lipinski definition) is 0. The summed E-state index contributed by atoms with van der Waals surface area (Å²) in [4.78, 5) is 2.45. The van der Waals surface area contributed by atoms with Crippen molar-refractivity contribution in [2.24, 2.45) is 0 Å². The Morgan fingerprint density at radius 2 is 0.726 bits per heavy atom. The predicted molar refractivity (Wildman–Crippen MR) is 264 cm³/mol. The third kappa shape index (κ3) is 5.88. The number of hydrogen-bond acceptors (Lipinski definition) is 1. The second-order valence-corrected chi connectivity index (χ2v) is 16.0. The molecule has 0 bridgehead atoms. The molecule has 0 atom stereocenters. The zero-order chi connectivity index (χ0) is 41.0. The van der Waals surface area contributed by atoms with Crippen LogP contribution >= 0.6 is 0 Å². The highest BCUT2D eigenvalue weighted by Crippen LogP contribution is 2.46. The van der Waals surface area contributed by atoms with E-state index in [0.717, 1.165) is 22.7 Å². The molecule has 12 aromatic rings. The van der Waals surface area contributed by atoms with E-state index in [1.54, 1.807) is 0 Å². The van der Waals surface area contributed by atoms with Crippen molar-refractivity contribution in [2.45, 2.75) is 0 Å². The lowest BCUT2D eigenvalue weighted by Crippen LogP contribution is -2.11. The molecule has 0 amide bonds. The lowest BCUT2D eigenvalue weighted by molar-refractivity contribution is 1.18. The van der Waals surface area contributed by atoms with E-state index < -0.39 is 0 Å². The van der Waals surface area contributed by atoms with E-state index in [2.05, 4.69) is 252 Å². The van der Waals surface area contributed by atoms with Crippen LogP contribution in [0.4, 0.5) is 17.1 Å². The number of rotatable bonds is 7. The van der Waals surface area contributed by atoms with Gasteiger partial charge in [0, 0.05) is 32.8 Å². The number of para-hydroxylation sites is 3. The van der Waals surface area contributed by atoms with Crippen molar-refractivity contribution in [1.82, 2.24) is 4.57 Å². The summed E-state index contributed by atoms with van der Waals surface area (Å²) in [6.07, 6.45) is 0. The molecule has 2 heteroatoms. The van der Waals surface area contributed by atoms with Gasteiger partial charge in [-0.05, 0) is 91.8 Å². The molecule has 62 heavy (non-hydrogen) atoms. The number of benzene rings is 11. The lowest BCUT2D eigenvalue weighted by atomic mass is 9.94. The first-order valence-corrected chi connectivity index (χ1v) is 21.3. The van der Waals surface area contributed by atoms with E-state index in [-0.39, 0.29) is 0 Å². The van der Waals surface area contributed by atoms with E-state index in [1.807, 2.05) is 0 Å². The van der Waals surface area contributed by atoms with Gasteiger partial charge in [0.15, 0.2) is 0 Å². The van der Waals surface area contributed by atoms with Crippen molar-refractivity contribution in [2.75, 3.05) is 4.90 Å². The first-order valence-electron chi connectivity index (χ1n) is 21.3. The topological polar surface area (TPSA) is 8.17 Å². The lowest BCUT2D eigenvalue weighted by Gasteiger charge is -2.29. The Balaban J connectivity index is 0.994. The Kier molecular flexibility index (Phi) is 8.53. The Morgan fingerprint density at radius 1 is 0.258 bits per heavy atom. The molecular formula is C60H40N2. The molecule has 0 aliphatic rings. The molecule has 1 heterocycles. The van der Waals surface area contributed by atoms with Crippen LogP contribution in [0.1, 0.15) is 0 Å². The monoisotopic (exact) mass is 788 g/mol. The maximum absolute atomic E-state index is 2.45. The third-order valence-corrected chi connectivity index (χ3v) is 12.6. The summed E-state index contributed by atoms with van der Waals surface area (Å²) in [7, 11) is 0. The molecule has 0 radical (unpaired) electrons. The zero-order valence-electron chi connectivity index (χ0n) is 34.0. The standard InChI is InChI=1S/C60H40N2/c1-3-19-47-43(15-1)17-13-26-48(47)45-33-31-41(32-34-45)42-35-37-46(38-36-42)61(56-30-14-18-44-16-2-4-20-49(44)56)60-40-39-51(50-21-5-6-22-52(50)60)53-23-7-10-27-57(53)62-58-28-11-8-24-54(58)55-25-9-12-29-59(55)62/h1-40H. The molecule has 0 saturated heterocycles. The summed E-state index contributed by atoms with van der Waals surface area (Å²) in [6, 6.07) is 88.5. The Morgan fingerprint density at radius 3 is 1.44 bits per heavy atom. The number of nitrogens with zero attached hydrogens (tertiary/aromatic N) is 2. The van der Waals surface area contributed by atoms with Crippen LogP contribution in [-0.4, -0.2) is 4.57 Å². The van der Waals surface area contributed by atoms with Gasteiger partial charge in [0.05, 0.1) is 28.1 Å². The number of aromatic nitrogens is 1. The van der Waals surface area contributed by atoms with Crippen LogP contribution in [0.5, 0.6) is 0 Å². The van der Waals surface area contributed by atoms with Gasteiger partial charge in [-0.15, -0.1) is 0 Å². The Labute approximate surface area is 360 Å². The van der Waals surface area contributed by atoms with Crippen molar-refractivity contribution in [3.63, 3.8) is 0 Å². The molecule has 0 spiro atoms. The SMILES string of the molecule is c1ccc(-n2c3ccccc3c3ccccc32)c(-c2ccc(N(c3ccc(-c4ccc(-c5cccc6ccccc56)cc4)cc3)c3cccc4ccccc34)c3ccccc23)c1. The largest absolute Gasteiger partial charge is 0.309 e. The molecule has 0 fully saturated rings. The molecule has 0 unspecified atom stereocenters. The summed E-state index contributed by atoms with van der Waals surface area (Å²) >= 11 is 0. The molecule has 1 aromatic heterocycles. The predicted octanol–water partition coefficient (Wildman–Crippen LogP) is 16.7. The van der Waals surface area contributed by atoms with E-state index in [1.165, 1.54) is 87.5 Å². The Hall–Kier alpha value is -8.20. The zero-order valence-corrected chi connectivity index (χ0v) is 34.0. The summed E-state index contributed by atoms with van der Waals surface area (Å²) in [5.74, 6) is 0. The van der Waals surface area contributed by atoms with Gasteiger partial charge in [0.1, 0.15) is 0 Å². The molecular weight excluding hydrogens is 749 g/mol. The maximum Gasteiger partial charge on any atom is 0.0541 e. The fourth-order valence-corrected chi connectivity index (χ4v) is 9.73. The minimum absolute atomic E-state index is 1.10. The molecule has 0 saturated carbocycles. The average Bonchev–Trinajstić information content (AvgIpc) is 3.68. The van der Waals surface area contributed by atoms with Crippen LogP contribution in [0.25, 0.3) is 93.2 Å². The minimum Gasteiger partial charge on any atom is -0.309 e. The van der Waals surface area contributed by atoms with Crippen molar-refractivity contribution in [3.05, 3.63) is 243 Å². The minimum atomic E-state index is 1.10. The summed E-state index contributed by atoms with van der Waals surface area (Å²) in [6.45, 7) is 0. The first kappa shape index (κ1) is 35.7. The van der Waals surface area contributed by atoms with E-state index in [9.17, 15) is 0 Å². The van der Waals surface area contributed by atoms with Crippen molar-refractivity contribution < 1.29 is 0 Å². The van der Waals surface area contributed by atoms with E-state index in [0.29, 0.717) is 0 Å². The van der Waals surface area contributed by atoms with Gasteiger partial charge in [-0.1, -0.05) is 200 Å². The van der Waals surface area contributed by atoms with Crippen LogP contribution < -0.4 is 4.90 Å². The van der Waals surface area contributed by atoms with Gasteiger partial charge in [0.25, 0.3) is 0 Å². The smallest absolute Gasteiger partial charge is 0.0541 e. The van der Waals surface area contributed by atoms with Gasteiger partial charge >= 0.3 is 0 Å². The highest BCUT2D eigenvalue weighted by molar-refractivity contribution is 6.12. The molecule has 0 aliphatic heterocycles. The van der Waals surface area contributed by atoms with Gasteiger partial charge in [-0.3, -0.25) is 0 Å². The van der Waals surface area contributed by atoms with Crippen LogP contribution in [-0.2, 0) is 0 Å². The van der Waals surface area contributed by atoms with Crippen molar-refractivity contribution >= 4 is 71.2 Å². The second-order valence-electron chi connectivity index (χ2n) is 16.0. The quantitative estimate of drug-likeness (QED) is 0.156. The average molecular weight is 789 g/mol. The molecule has 2 nitrogen and oxygen atoms in total. The Bertz CT molecular complexity index is 3570. The van der Waals surface area contributed by atoms with Crippen LogP contribution in [0, 0.1) is 0 Å². The van der Waals surface area contributed by atoms with Crippen molar-refractivity contribution in [3.8, 4) is 39.1 Å². The summed E-state index contributed by atoms with van der Waals surface area (Å²) in [5, 5.41) is 9.84. The van der Waals surface area contributed by atoms with Gasteiger partial charge < -0.3 is 9.47 Å². The summed E-state index contributed by atoms with van der Waals surface area (Å²) < 4.78 is 2.43. The fraction of sp³-hybridized carbons (Fsp3) is 0. The molecule has 0 aliphatic carbocycles. The van der Waals surface area contributed by atoms with Crippen molar-refractivity contribution in [1.29, 1.82) is 0 Å². The van der Waals surface area contributed by atoms with Gasteiger partial charge in [-0.25, -0.2) is 0 Å². The third-order valence-electron chi connectivity index (χ3n) is 12.6. The van der Waals surface area contributed by atoms with Crippen LogP contribution in [0.2, 0.25) is 0 Å². The van der Waals surface area contributed by atoms with Gasteiger partial charge in [-0.2, -0.15) is 0 Å². The van der Waals surface area contributed by atoms with Crippen LogP contribution in [0.3, 0.4) is 0 Å². The van der Waals surface area contributed by atoms with E-state index in [4.69, 9.17) is 0 Å². The molecule has 11 aromatic carbocycles. The normalized spacial score (nSPS) is 11.5. The highest BCUT2D eigenvalue weighted by atomic mass is 15.1. The molecule has 0 N–H and O–H groups in total. The molecule has 290 valence electrons. The van der Waals surface area contributed by atoms with Crippen LogP contribution in [0.15, 0.2) is 243 Å². The highest BCUT2D eigenvalue weighted by Gasteiger charge is 2.21. The number of anilines is 3. The van der Waals surface area contributed by atoms with Gasteiger partial charge in [0.2, 0.25) is 0 Å². The molecule has 12 rings (SSSR count). The summed E-state index contributed by atoms with van der Waals surface area (Å²) in [5.41, 5.74) is 14.2. The first-order chi connectivity index (χ1) is 30.8. The van der Waals surface area contributed by atoms with E-state index >= 15 is 0 Å². The maximum atomic E-state index is 2.45. The number of fused-ring (bicyclic) bond motifs is 6. The fourth-order valence-electron chi connectivity index (χ4n) is 9.73.